The molecule has 80 valence electrons. The minimum absolute atomic E-state index is 0.896. The molecule has 3 heteroatoms. The molecule has 1 aliphatic rings. The van der Waals surface area contributed by atoms with Crippen LogP contribution in [0.2, 0.25) is 0 Å². The van der Waals surface area contributed by atoms with Crippen LogP contribution >= 0.6 is 0 Å². The van der Waals surface area contributed by atoms with Crippen LogP contribution in [0.3, 0.4) is 0 Å². The maximum absolute atomic E-state index is 4.47. The van der Waals surface area contributed by atoms with Crippen molar-refractivity contribution < 1.29 is 0 Å². The molecule has 0 saturated carbocycles. The van der Waals surface area contributed by atoms with Crippen LogP contribution in [0, 0.1) is 0 Å². The van der Waals surface area contributed by atoms with E-state index < -0.39 is 0 Å². The molecule has 1 saturated heterocycles. The second kappa shape index (κ2) is 4.94. The van der Waals surface area contributed by atoms with Gasteiger partial charge in [-0.3, -0.25) is 0 Å². The summed E-state index contributed by atoms with van der Waals surface area (Å²) in [5.74, 6) is 1.12. The number of piperazine rings is 1. The molecule has 0 amide bonds. The summed E-state index contributed by atoms with van der Waals surface area (Å²) in [6.45, 7) is 7.96. The Labute approximate surface area is 90.8 Å². The topological polar surface area (TPSA) is 28.2 Å². The van der Waals surface area contributed by atoms with Crippen molar-refractivity contribution in [2.75, 3.05) is 31.1 Å². The maximum Gasteiger partial charge on any atom is 0.132 e. The van der Waals surface area contributed by atoms with Gasteiger partial charge in [0, 0.05) is 32.4 Å². The maximum atomic E-state index is 4.47. The summed E-state index contributed by atoms with van der Waals surface area (Å²) in [7, 11) is 0. The second-order valence-corrected chi connectivity index (χ2v) is 3.72. The highest BCUT2D eigenvalue weighted by Crippen LogP contribution is 2.18. The van der Waals surface area contributed by atoms with Gasteiger partial charge in [-0.1, -0.05) is 12.1 Å². The number of anilines is 1. The number of nitrogens with zero attached hydrogens (tertiary/aromatic N) is 2. The highest BCUT2D eigenvalue weighted by Gasteiger charge is 2.13. The molecular weight excluding hydrogens is 186 g/mol. The summed E-state index contributed by atoms with van der Waals surface area (Å²) >= 11 is 0. The summed E-state index contributed by atoms with van der Waals surface area (Å²) in [6, 6.07) is 4.12. The summed E-state index contributed by atoms with van der Waals surface area (Å²) in [5.41, 5.74) is 1.27. The Morgan fingerprint density at radius 2 is 2.27 bits per heavy atom. The first kappa shape index (κ1) is 10.2. The molecule has 1 aliphatic heterocycles. The van der Waals surface area contributed by atoms with Crippen LogP contribution in [0.5, 0.6) is 0 Å². The van der Waals surface area contributed by atoms with Crippen LogP contribution < -0.4 is 10.2 Å². The summed E-state index contributed by atoms with van der Waals surface area (Å²) < 4.78 is 0. The summed E-state index contributed by atoms with van der Waals surface area (Å²) in [6.07, 6.45) is 4.69. The zero-order valence-corrected chi connectivity index (χ0v) is 8.95. The van der Waals surface area contributed by atoms with Crippen molar-refractivity contribution in [1.29, 1.82) is 0 Å². The molecule has 1 aromatic rings. The molecule has 2 heterocycles. The van der Waals surface area contributed by atoms with E-state index in [-0.39, 0.29) is 0 Å². The fraction of sp³-hybridized carbons (Fsp3) is 0.417. The number of nitrogens with one attached hydrogen (secondary N) is 1. The van der Waals surface area contributed by atoms with Crippen molar-refractivity contribution >= 4 is 5.82 Å². The van der Waals surface area contributed by atoms with Gasteiger partial charge in [0.25, 0.3) is 0 Å². The lowest BCUT2D eigenvalue weighted by Crippen LogP contribution is -2.44. The van der Waals surface area contributed by atoms with Crippen LogP contribution in [0.1, 0.15) is 5.56 Å². The standard InChI is InChI=1S/C12H17N3/c1-2-4-11-5-3-6-14-12(11)15-9-7-13-8-10-15/h2-3,5-6,13H,1,4,7-10H2. The molecule has 0 aromatic carbocycles. The quantitative estimate of drug-likeness (QED) is 0.749. The molecule has 0 aliphatic carbocycles. The highest BCUT2D eigenvalue weighted by molar-refractivity contribution is 5.47. The van der Waals surface area contributed by atoms with Crippen LogP contribution in [-0.2, 0) is 6.42 Å². The van der Waals surface area contributed by atoms with Crippen molar-refractivity contribution in [2.24, 2.45) is 0 Å². The molecule has 15 heavy (non-hydrogen) atoms. The van der Waals surface area contributed by atoms with Gasteiger partial charge in [-0.2, -0.15) is 0 Å². The van der Waals surface area contributed by atoms with Gasteiger partial charge in [0.2, 0.25) is 0 Å². The molecule has 1 N–H and O–H groups in total. The van der Waals surface area contributed by atoms with E-state index in [4.69, 9.17) is 0 Å². The van der Waals surface area contributed by atoms with E-state index in [9.17, 15) is 0 Å². The third-order valence-corrected chi connectivity index (χ3v) is 2.65. The van der Waals surface area contributed by atoms with E-state index >= 15 is 0 Å². The fourth-order valence-corrected chi connectivity index (χ4v) is 1.91. The lowest BCUT2D eigenvalue weighted by molar-refractivity contribution is 0.583. The molecule has 1 aromatic heterocycles. The Kier molecular flexibility index (Phi) is 3.35. The average molecular weight is 203 g/mol. The van der Waals surface area contributed by atoms with E-state index in [0.717, 1.165) is 38.4 Å². The van der Waals surface area contributed by atoms with E-state index in [1.807, 2.05) is 18.3 Å². The lowest BCUT2D eigenvalue weighted by Gasteiger charge is -2.29. The monoisotopic (exact) mass is 203 g/mol. The van der Waals surface area contributed by atoms with E-state index in [2.05, 4.69) is 27.8 Å². The number of hydrogen-bond acceptors (Lipinski definition) is 3. The summed E-state index contributed by atoms with van der Waals surface area (Å²) in [4.78, 5) is 6.81. The van der Waals surface area contributed by atoms with Crippen molar-refractivity contribution in [2.45, 2.75) is 6.42 Å². The molecule has 0 unspecified atom stereocenters. The second-order valence-electron chi connectivity index (χ2n) is 3.72. The van der Waals surface area contributed by atoms with Crippen molar-refractivity contribution in [1.82, 2.24) is 10.3 Å². The normalized spacial score (nSPS) is 16.4. The van der Waals surface area contributed by atoms with Crippen LogP contribution in [-0.4, -0.2) is 31.2 Å². The van der Waals surface area contributed by atoms with Crippen molar-refractivity contribution in [3.05, 3.63) is 36.5 Å². The molecule has 3 nitrogen and oxygen atoms in total. The zero-order chi connectivity index (χ0) is 10.5. The van der Waals surface area contributed by atoms with Gasteiger partial charge in [0.05, 0.1) is 0 Å². The smallest absolute Gasteiger partial charge is 0.132 e. The number of rotatable bonds is 3. The van der Waals surface area contributed by atoms with Gasteiger partial charge in [0.15, 0.2) is 0 Å². The number of hydrogen-bond donors (Lipinski definition) is 1. The minimum atomic E-state index is 0.896. The predicted octanol–water partition coefficient (Wildman–Crippen LogP) is 1.22. The number of pyridine rings is 1. The third kappa shape index (κ3) is 2.36. The Morgan fingerprint density at radius 3 is 3.00 bits per heavy atom. The minimum Gasteiger partial charge on any atom is -0.354 e. The van der Waals surface area contributed by atoms with Gasteiger partial charge in [0.1, 0.15) is 5.82 Å². The molecule has 2 rings (SSSR count). The Hall–Kier alpha value is -1.35. The molecule has 0 spiro atoms. The van der Waals surface area contributed by atoms with Gasteiger partial charge >= 0.3 is 0 Å². The van der Waals surface area contributed by atoms with Gasteiger partial charge in [-0.05, 0) is 18.1 Å². The Bertz CT molecular complexity index is 329. The van der Waals surface area contributed by atoms with Gasteiger partial charge in [-0.15, -0.1) is 6.58 Å². The van der Waals surface area contributed by atoms with E-state index in [0.29, 0.717) is 0 Å². The average Bonchev–Trinajstić information content (AvgIpc) is 2.31. The first-order valence-corrected chi connectivity index (χ1v) is 5.42. The van der Waals surface area contributed by atoms with Crippen molar-refractivity contribution in [3.8, 4) is 0 Å². The van der Waals surface area contributed by atoms with Crippen LogP contribution in [0.25, 0.3) is 0 Å². The molecule has 1 fully saturated rings. The third-order valence-electron chi connectivity index (χ3n) is 2.65. The Balaban J connectivity index is 2.20. The van der Waals surface area contributed by atoms with Gasteiger partial charge < -0.3 is 10.2 Å². The van der Waals surface area contributed by atoms with E-state index in [1.54, 1.807) is 0 Å². The molecule has 0 radical (unpaired) electrons. The van der Waals surface area contributed by atoms with Crippen LogP contribution in [0.4, 0.5) is 5.82 Å². The van der Waals surface area contributed by atoms with Crippen molar-refractivity contribution in [3.63, 3.8) is 0 Å². The first-order valence-electron chi connectivity index (χ1n) is 5.42. The SMILES string of the molecule is C=CCc1cccnc1N1CCNCC1. The fourth-order valence-electron chi connectivity index (χ4n) is 1.91. The number of aromatic nitrogens is 1. The van der Waals surface area contributed by atoms with Crippen LogP contribution in [0.15, 0.2) is 31.0 Å². The summed E-state index contributed by atoms with van der Waals surface area (Å²) in [5, 5.41) is 3.35. The molecule has 0 bridgehead atoms. The largest absolute Gasteiger partial charge is 0.354 e. The zero-order valence-electron chi connectivity index (χ0n) is 8.95. The molecule has 0 atom stereocenters. The van der Waals surface area contributed by atoms with Gasteiger partial charge in [-0.25, -0.2) is 4.98 Å². The van der Waals surface area contributed by atoms with E-state index in [1.165, 1.54) is 5.56 Å². The lowest BCUT2D eigenvalue weighted by atomic mass is 10.1. The number of allylic oxidation sites excluding steroid dienone is 1. The predicted molar refractivity (Wildman–Crippen MR) is 63.2 cm³/mol. The Morgan fingerprint density at radius 1 is 1.47 bits per heavy atom. The first-order chi connectivity index (χ1) is 7.42. The molecular formula is C12H17N3. The highest BCUT2D eigenvalue weighted by atomic mass is 15.2.